The first-order valence-electron chi connectivity index (χ1n) is 19.2. The molecular weight excluding hydrogens is 649 g/mol. The molecule has 0 rings (SSSR count). The average Bonchev–Trinajstić information content (AvgIpc) is 3.07. The number of allylic oxidation sites excluding steroid dienone is 2. The highest BCUT2D eigenvalue weighted by Gasteiger charge is 2.28. The number of carboxylic acids is 1. The Hall–Kier alpha value is -1.78. The summed E-state index contributed by atoms with van der Waals surface area (Å²) in [5, 5.41) is 8.85. The Bertz CT molecular complexity index is 900. The zero-order valence-corrected chi connectivity index (χ0v) is 31.7. The predicted octanol–water partition coefficient (Wildman–Crippen LogP) is 9.34. The Balaban J connectivity index is 4.41. The van der Waals surface area contributed by atoms with Crippen LogP contribution in [0.3, 0.4) is 0 Å². The average molecular weight is 720 g/mol. The van der Waals surface area contributed by atoms with Gasteiger partial charge in [-0.2, -0.15) is 0 Å². The van der Waals surface area contributed by atoms with Gasteiger partial charge in [0.15, 0.2) is 6.10 Å². The Morgan fingerprint density at radius 2 is 1.04 bits per heavy atom. The van der Waals surface area contributed by atoms with E-state index in [9.17, 15) is 23.8 Å². The molecule has 1 unspecified atom stereocenters. The van der Waals surface area contributed by atoms with Crippen molar-refractivity contribution in [3.05, 3.63) is 12.2 Å². The highest BCUT2D eigenvalue weighted by molar-refractivity contribution is 7.47. The van der Waals surface area contributed by atoms with Crippen LogP contribution in [0.1, 0.15) is 174 Å². The second kappa shape index (κ2) is 33.4. The first-order chi connectivity index (χ1) is 23.6. The van der Waals surface area contributed by atoms with Crippen LogP contribution in [0.25, 0.3) is 0 Å². The molecule has 0 saturated heterocycles. The first-order valence-corrected chi connectivity index (χ1v) is 20.7. The van der Waals surface area contributed by atoms with Crippen LogP contribution >= 0.6 is 7.82 Å². The quantitative estimate of drug-likeness (QED) is 0.0244. The van der Waals surface area contributed by atoms with Crippen molar-refractivity contribution in [1.82, 2.24) is 0 Å². The molecule has 0 aromatic rings. The number of phosphoric ester groups is 1. The molecule has 0 heterocycles. The molecule has 0 aliphatic rings. The van der Waals surface area contributed by atoms with E-state index in [0.29, 0.717) is 12.8 Å². The lowest BCUT2D eigenvalue weighted by molar-refractivity contribution is -0.161. The zero-order chi connectivity index (χ0) is 36.4. The smallest absolute Gasteiger partial charge is 0.472 e. The number of ether oxygens (including phenoxy) is 2. The highest BCUT2D eigenvalue weighted by atomic mass is 31.2. The molecule has 0 aromatic carbocycles. The lowest BCUT2D eigenvalue weighted by Gasteiger charge is -2.20. The number of rotatable bonds is 36. The third-order valence-corrected chi connectivity index (χ3v) is 9.21. The van der Waals surface area contributed by atoms with E-state index >= 15 is 0 Å². The minimum Gasteiger partial charge on any atom is -0.480 e. The van der Waals surface area contributed by atoms with Gasteiger partial charge in [-0.15, -0.1) is 0 Å². The fourth-order valence-electron chi connectivity index (χ4n) is 5.16. The lowest BCUT2D eigenvalue weighted by atomic mass is 10.0. The number of carbonyl (C=O) groups is 3. The van der Waals surface area contributed by atoms with Crippen molar-refractivity contribution in [3.8, 4) is 0 Å². The van der Waals surface area contributed by atoms with E-state index in [0.717, 1.165) is 57.8 Å². The molecule has 4 N–H and O–H groups in total. The summed E-state index contributed by atoms with van der Waals surface area (Å²) in [6.45, 7) is 2.74. The third-order valence-electron chi connectivity index (χ3n) is 8.26. The van der Waals surface area contributed by atoms with E-state index < -0.39 is 51.1 Å². The molecule has 0 bridgehead atoms. The summed E-state index contributed by atoms with van der Waals surface area (Å²) in [5.74, 6) is -2.38. The molecule has 49 heavy (non-hydrogen) atoms. The Labute approximate surface area is 297 Å². The number of nitrogens with two attached hydrogens (primary N) is 1. The summed E-state index contributed by atoms with van der Waals surface area (Å²) in [5.41, 5.74) is 5.31. The molecule has 0 radical (unpaired) electrons. The van der Waals surface area contributed by atoms with Gasteiger partial charge in [0.2, 0.25) is 0 Å². The summed E-state index contributed by atoms with van der Waals surface area (Å²) < 4.78 is 32.5. The molecular formula is C37H70NO10P. The van der Waals surface area contributed by atoms with Crippen LogP contribution in [-0.4, -0.2) is 59.9 Å². The van der Waals surface area contributed by atoms with Gasteiger partial charge in [-0.05, 0) is 32.1 Å². The fraction of sp³-hybridized carbons (Fsp3) is 0.865. The molecule has 0 aromatic heterocycles. The van der Waals surface area contributed by atoms with E-state index in [4.69, 9.17) is 24.8 Å². The summed E-state index contributed by atoms with van der Waals surface area (Å²) in [7, 11) is -4.70. The van der Waals surface area contributed by atoms with Gasteiger partial charge >= 0.3 is 25.7 Å². The van der Waals surface area contributed by atoms with Gasteiger partial charge in [0.05, 0.1) is 13.2 Å². The fourth-order valence-corrected chi connectivity index (χ4v) is 5.94. The number of carbonyl (C=O) groups excluding carboxylic acids is 2. The summed E-state index contributed by atoms with van der Waals surface area (Å²) in [4.78, 5) is 45.7. The Kier molecular flexibility index (Phi) is 32.2. The number of carboxylic acid groups (broad SMARTS) is 1. The number of phosphoric acid groups is 1. The van der Waals surface area contributed by atoms with E-state index in [1.807, 2.05) is 0 Å². The number of hydrogen-bond acceptors (Lipinski definition) is 9. The monoisotopic (exact) mass is 719 g/mol. The minimum atomic E-state index is -4.70. The summed E-state index contributed by atoms with van der Waals surface area (Å²) in [6, 6.07) is -1.52. The van der Waals surface area contributed by atoms with Crippen molar-refractivity contribution in [3.63, 3.8) is 0 Å². The Morgan fingerprint density at radius 1 is 0.612 bits per heavy atom. The number of unbranched alkanes of at least 4 members (excludes halogenated alkanes) is 20. The molecule has 0 aliphatic carbocycles. The Morgan fingerprint density at radius 3 is 1.55 bits per heavy atom. The maximum absolute atomic E-state index is 12.5. The van der Waals surface area contributed by atoms with Gasteiger partial charge in [0, 0.05) is 12.8 Å². The molecule has 0 amide bonds. The molecule has 11 nitrogen and oxygen atoms in total. The highest BCUT2D eigenvalue weighted by Crippen LogP contribution is 2.43. The lowest BCUT2D eigenvalue weighted by Crippen LogP contribution is -2.34. The summed E-state index contributed by atoms with van der Waals surface area (Å²) >= 11 is 0. The zero-order valence-electron chi connectivity index (χ0n) is 30.8. The van der Waals surface area contributed by atoms with Crippen LogP contribution in [0, 0.1) is 0 Å². The minimum absolute atomic E-state index is 0.154. The van der Waals surface area contributed by atoms with E-state index in [1.54, 1.807) is 0 Å². The number of aliphatic carboxylic acids is 1. The van der Waals surface area contributed by atoms with Crippen molar-refractivity contribution in [2.75, 3.05) is 19.8 Å². The van der Waals surface area contributed by atoms with Crippen molar-refractivity contribution in [2.24, 2.45) is 5.73 Å². The van der Waals surface area contributed by atoms with Crippen LogP contribution in [-0.2, 0) is 37.5 Å². The summed E-state index contributed by atoms with van der Waals surface area (Å²) in [6.07, 6.45) is 30.0. The van der Waals surface area contributed by atoms with Crippen molar-refractivity contribution < 1.29 is 47.5 Å². The van der Waals surface area contributed by atoms with E-state index in [1.165, 1.54) is 77.0 Å². The van der Waals surface area contributed by atoms with Crippen LogP contribution in [0.2, 0.25) is 0 Å². The second-order valence-corrected chi connectivity index (χ2v) is 14.5. The van der Waals surface area contributed by atoms with Gasteiger partial charge in [-0.3, -0.25) is 23.4 Å². The van der Waals surface area contributed by atoms with Gasteiger partial charge in [0.1, 0.15) is 12.6 Å². The van der Waals surface area contributed by atoms with Crippen molar-refractivity contribution in [2.45, 2.75) is 187 Å². The maximum Gasteiger partial charge on any atom is 0.472 e. The largest absolute Gasteiger partial charge is 0.480 e. The van der Waals surface area contributed by atoms with Crippen LogP contribution in [0.15, 0.2) is 12.2 Å². The molecule has 0 spiro atoms. The van der Waals surface area contributed by atoms with Gasteiger partial charge in [-0.25, -0.2) is 4.57 Å². The molecule has 0 fully saturated rings. The van der Waals surface area contributed by atoms with Crippen LogP contribution in [0.4, 0.5) is 0 Å². The van der Waals surface area contributed by atoms with Gasteiger partial charge in [-0.1, -0.05) is 142 Å². The predicted molar refractivity (Wildman–Crippen MR) is 194 cm³/mol. The maximum atomic E-state index is 12.5. The third kappa shape index (κ3) is 33.1. The van der Waals surface area contributed by atoms with Crippen LogP contribution < -0.4 is 5.73 Å². The molecule has 12 heteroatoms. The SMILES string of the molecule is CCCC/C=C/CCCCCCCC(=O)O[C@H](COC(=O)CCCCCCCCCCCCCCCC)COP(=O)(O)OC[C@H](N)C(=O)O. The second-order valence-electron chi connectivity index (χ2n) is 13.1. The standard InChI is InChI=1S/C37H70NO10P/c1-3-5-7-9-11-13-15-16-17-19-20-22-24-26-28-35(39)45-30-33(31-46-49(43,44)47-32-34(38)37(41)42)48-36(40)29-27-25-23-21-18-14-12-10-8-6-4-2/h10,12,33-34H,3-9,11,13-32,38H2,1-2H3,(H,41,42)(H,43,44)/b12-10+/t33-,34+/m1/s1. The van der Waals surface area contributed by atoms with Crippen molar-refractivity contribution >= 4 is 25.7 Å². The van der Waals surface area contributed by atoms with E-state index in [-0.39, 0.29) is 19.4 Å². The topological polar surface area (TPSA) is 172 Å². The normalized spacial score (nSPS) is 14.0. The molecule has 3 atom stereocenters. The van der Waals surface area contributed by atoms with Gasteiger partial charge in [0.25, 0.3) is 0 Å². The van der Waals surface area contributed by atoms with Crippen molar-refractivity contribution in [1.29, 1.82) is 0 Å². The van der Waals surface area contributed by atoms with Crippen LogP contribution in [0.5, 0.6) is 0 Å². The molecule has 288 valence electrons. The number of esters is 2. The number of hydrogen-bond donors (Lipinski definition) is 3. The first kappa shape index (κ1) is 47.2. The molecule has 0 saturated carbocycles. The van der Waals surface area contributed by atoms with E-state index in [2.05, 4.69) is 30.5 Å². The van der Waals surface area contributed by atoms with Gasteiger partial charge < -0.3 is 25.2 Å². The molecule has 0 aliphatic heterocycles.